The van der Waals surface area contributed by atoms with Gasteiger partial charge in [0.05, 0.1) is 6.61 Å². The zero-order chi connectivity index (χ0) is 38.9. The number of carbonyl (C=O) groups excluding carboxylic acids is 3. The molecule has 18 nitrogen and oxygen atoms in total. The van der Waals surface area contributed by atoms with Gasteiger partial charge in [0.25, 0.3) is 5.56 Å². The van der Waals surface area contributed by atoms with E-state index in [-0.39, 0.29) is 25.2 Å². The van der Waals surface area contributed by atoms with Crippen molar-refractivity contribution in [1.29, 1.82) is 0 Å². The van der Waals surface area contributed by atoms with E-state index in [0.29, 0.717) is 16.3 Å². The second-order valence-electron chi connectivity index (χ2n) is 11.9. The van der Waals surface area contributed by atoms with Crippen LogP contribution in [0.2, 0.25) is 0 Å². The van der Waals surface area contributed by atoms with Crippen molar-refractivity contribution < 1.29 is 46.9 Å². The molecule has 1 aliphatic rings. The number of aromatic nitrogens is 2. The highest BCUT2D eigenvalue weighted by atomic mass is 31.2. The Balaban J connectivity index is 1.55. The highest BCUT2D eigenvalue weighted by molar-refractivity contribution is 7.52. The minimum atomic E-state index is -4.78. The van der Waals surface area contributed by atoms with E-state index in [4.69, 9.17) is 28.0 Å². The van der Waals surface area contributed by atoms with E-state index in [9.17, 15) is 34.1 Å². The third-order valence-corrected chi connectivity index (χ3v) is 9.74. The van der Waals surface area contributed by atoms with Crippen molar-refractivity contribution in [3.8, 4) is 5.75 Å². The summed E-state index contributed by atoms with van der Waals surface area (Å²) in [6, 6.07) is 20.4. The molecule has 1 aromatic heterocycles. The summed E-state index contributed by atoms with van der Waals surface area (Å²) in [5.41, 5.74) is 6.21. The number of rotatable bonds is 16. The number of H-pyrrole nitrogens is 1. The number of hydrogen-bond donors (Lipinski definition) is 2. The fourth-order valence-electron chi connectivity index (χ4n) is 5.45. The molecule has 1 aliphatic heterocycles. The van der Waals surface area contributed by atoms with Crippen molar-refractivity contribution in [2.45, 2.75) is 70.4 Å². The Morgan fingerprint density at radius 3 is 2.39 bits per heavy atom. The Hall–Kier alpha value is -5.77. The lowest BCUT2D eigenvalue weighted by molar-refractivity contribution is -0.172. The molecule has 54 heavy (non-hydrogen) atoms. The first-order valence-corrected chi connectivity index (χ1v) is 18.3. The maximum Gasteiger partial charge on any atom is 0.459 e. The number of aromatic amines is 1. The summed E-state index contributed by atoms with van der Waals surface area (Å²) in [6.45, 7) is 3.18. The summed E-state index contributed by atoms with van der Waals surface area (Å²) < 4.78 is 50.3. The van der Waals surface area contributed by atoms with Gasteiger partial charge in [-0.05, 0) is 29.5 Å². The monoisotopic (exact) mass is 764 g/mol. The van der Waals surface area contributed by atoms with E-state index < -0.39 is 73.7 Å². The number of nitrogens with zero attached hydrogens (tertiary/aromatic N) is 4. The molecule has 284 valence electrons. The predicted octanol–water partition coefficient (Wildman–Crippen LogP) is 4.79. The standard InChI is InChI=1S/C35H37N6O12P/c1-4-28(43)50-30-31(51-29(44)5-2)35(39-40-36,52-32(30)41-19-18-27(42)37-34(41)46)21-49-54(47,53-26-17-11-15-24-14-9-10-16-25(24)26)38-22(3)33(45)48-20-23-12-7-6-8-13-23/h6-19,22,30-32H,4-5,20-21H2,1-3H3,(H,38,47)(H,37,42,46)/t22-,30+,31-,32+,35+,54?/m0/s1. The molecule has 0 saturated carbocycles. The molecule has 0 spiro atoms. The largest absolute Gasteiger partial charge is 0.460 e. The van der Waals surface area contributed by atoms with E-state index >= 15 is 0 Å². The van der Waals surface area contributed by atoms with Gasteiger partial charge in [-0.2, -0.15) is 5.09 Å². The fourth-order valence-corrected chi connectivity index (χ4v) is 6.98. The molecule has 0 radical (unpaired) electrons. The van der Waals surface area contributed by atoms with Crippen LogP contribution in [-0.4, -0.2) is 58.0 Å². The first-order valence-electron chi connectivity index (χ1n) is 16.8. The minimum Gasteiger partial charge on any atom is -0.460 e. The fraction of sp³-hybridized carbons (Fsp3) is 0.343. The van der Waals surface area contributed by atoms with E-state index in [1.54, 1.807) is 66.7 Å². The molecule has 0 bridgehead atoms. The predicted molar refractivity (Wildman–Crippen MR) is 191 cm³/mol. The number of hydrogen-bond acceptors (Lipinski definition) is 13. The van der Waals surface area contributed by atoms with Crippen molar-refractivity contribution in [3.05, 3.63) is 122 Å². The molecule has 1 unspecified atom stereocenters. The Morgan fingerprint density at radius 2 is 1.69 bits per heavy atom. The zero-order valence-electron chi connectivity index (χ0n) is 29.4. The average molecular weight is 765 g/mol. The number of esters is 3. The molecule has 2 N–H and O–H groups in total. The number of nitrogens with one attached hydrogen (secondary N) is 2. The summed E-state index contributed by atoms with van der Waals surface area (Å²) >= 11 is 0. The smallest absolute Gasteiger partial charge is 0.459 e. The van der Waals surface area contributed by atoms with Gasteiger partial charge in [0, 0.05) is 35.4 Å². The van der Waals surface area contributed by atoms with E-state index in [0.717, 1.165) is 16.8 Å². The summed E-state index contributed by atoms with van der Waals surface area (Å²) in [7, 11) is -4.78. The van der Waals surface area contributed by atoms with Crippen LogP contribution >= 0.6 is 7.75 Å². The van der Waals surface area contributed by atoms with Gasteiger partial charge in [-0.25, -0.2) is 9.36 Å². The second-order valence-corrected chi connectivity index (χ2v) is 13.6. The van der Waals surface area contributed by atoms with Crippen LogP contribution in [0.5, 0.6) is 5.75 Å². The molecule has 1 fully saturated rings. The molecule has 2 heterocycles. The zero-order valence-corrected chi connectivity index (χ0v) is 30.3. The van der Waals surface area contributed by atoms with E-state index in [1.807, 2.05) is 0 Å². The van der Waals surface area contributed by atoms with E-state index in [1.165, 1.54) is 26.8 Å². The third-order valence-electron chi connectivity index (χ3n) is 8.13. The molecule has 19 heteroatoms. The first kappa shape index (κ1) is 39.4. The molecule has 1 saturated heterocycles. The molecule has 0 aliphatic carbocycles. The Kier molecular flexibility index (Phi) is 12.7. The van der Waals surface area contributed by atoms with Crippen molar-refractivity contribution in [2.24, 2.45) is 5.11 Å². The highest BCUT2D eigenvalue weighted by Crippen LogP contribution is 2.50. The van der Waals surface area contributed by atoms with Crippen LogP contribution in [-0.2, 0) is 49.0 Å². The lowest BCUT2D eigenvalue weighted by Crippen LogP contribution is -2.49. The van der Waals surface area contributed by atoms with Crippen LogP contribution < -0.4 is 20.9 Å². The minimum absolute atomic E-state index is 0.0698. The summed E-state index contributed by atoms with van der Waals surface area (Å²) in [5, 5.41) is 7.54. The lowest BCUT2D eigenvalue weighted by atomic mass is 10.0. The van der Waals surface area contributed by atoms with Gasteiger partial charge in [-0.3, -0.25) is 33.3 Å². The molecular weight excluding hydrogens is 727 g/mol. The number of ether oxygens (including phenoxy) is 4. The summed E-state index contributed by atoms with van der Waals surface area (Å²) in [4.78, 5) is 68.4. The van der Waals surface area contributed by atoms with Crippen molar-refractivity contribution in [2.75, 3.05) is 6.61 Å². The van der Waals surface area contributed by atoms with Crippen LogP contribution in [0, 0.1) is 0 Å². The van der Waals surface area contributed by atoms with Crippen LogP contribution in [0.4, 0.5) is 0 Å². The Bertz CT molecular complexity index is 2200. The highest BCUT2D eigenvalue weighted by Gasteiger charge is 2.61. The topological polar surface area (TPSA) is 239 Å². The Labute approximate surface area is 307 Å². The Morgan fingerprint density at radius 1 is 1.00 bits per heavy atom. The maximum atomic E-state index is 14.8. The summed E-state index contributed by atoms with van der Waals surface area (Å²) in [5.74, 6) is -2.45. The van der Waals surface area contributed by atoms with Crippen LogP contribution in [0.25, 0.3) is 21.2 Å². The van der Waals surface area contributed by atoms with Gasteiger partial charge in [-0.1, -0.05) is 85.7 Å². The second kappa shape index (κ2) is 17.4. The van der Waals surface area contributed by atoms with Gasteiger partial charge in [0.2, 0.25) is 5.72 Å². The SMILES string of the molecule is CCC(=O)O[C@H]1[C@H](n2ccc(=O)[nH]c2=O)O[C@@](COP(=O)(N[C@@H](C)C(=O)OCc2ccccc2)Oc2cccc3ccccc23)(N=[N+]=[N-])[C@H]1OC(=O)CC. The van der Waals surface area contributed by atoms with Crippen molar-refractivity contribution in [1.82, 2.24) is 14.6 Å². The molecule has 3 aromatic carbocycles. The number of benzene rings is 3. The normalized spacial score (nSPS) is 20.9. The van der Waals surface area contributed by atoms with Crippen molar-refractivity contribution in [3.63, 3.8) is 0 Å². The van der Waals surface area contributed by atoms with Crippen LogP contribution in [0.3, 0.4) is 0 Å². The lowest BCUT2D eigenvalue weighted by Gasteiger charge is -2.31. The van der Waals surface area contributed by atoms with Gasteiger partial charge in [-0.15, -0.1) is 0 Å². The van der Waals surface area contributed by atoms with Gasteiger partial charge < -0.3 is 23.5 Å². The molecule has 4 aromatic rings. The molecule has 0 amide bonds. The first-order chi connectivity index (χ1) is 25.9. The summed E-state index contributed by atoms with van der Waals surface area (Å²) in [6.07, 6.45) is -4.52. The van der Waals surface area contributed by atoms with Crippen molar-refractivity contribution >= 4 is 36.4 Å². The van der Waals surface area contributed by atoms with Gasteiger partial charge in [0.1, 0.15) is 18.4 Å². The van der Waals surface area contributed by atoms with E-state index in [2.05, 4.69) is 20.1 Å². The van der Waals surface area contributed by atoms with Gasteiger partial charge >= 0.3 is 31.3 Å². The molecule has 6 atom stereocenters. The number of azide groups is 1. The molecule has 5 rings (SSSR count). The average Bonchev–Trinajstić information content (AvgIpc) is 3.44. The quantitative estimate of drug-likeness (QED) is 0.0390. The molecular formula is C35H37N6O12P. The van der Waals surface area contributed by atoms with Gasteiger partial charge in [0.15, 0.2) is 18.4 Å². The maximum absolute atomic E-state index is 14.8. The van der Waals surface area contributed by atoms with Crippen LogP contribution in [0.15, 0.2) is 99.8 Å². The number of carbonyl (C=O) groups is 3. The number of fused-ring (bicyclic) bond motifs is 1. The third kappa shape index (κ3) is 9.23. The van der Waals surface area contributed by atoms with Crippen LogP contribution in [0.1, 0.15) is 45.4 Å².